The summed E-state index contributed by atoms with van der Waals surface area (Å²) >= 11 is 0. The number of aromatic hydroxyl groups is 1. The third-order valence-electron chi connectivity index (χ3n) is 5.97. The normalized spacial score (nSPS) is 17.8. The number of rotatable bonds is 9. The molecule has 0 aliphatic carbocycles. The van der Waals surface area contributed by atoms with Crippen molar-refractivity contribution >= 4 is 5.91 Å². The van der Waals surface area contributed by atoms with Crippen LogP contribution in [0.5, 0.6) is 11.5 Å². The van der Waals surface area contributed by atoms with E-state index < -0.39 is 0 Å². The van der Waals surface area contributed by atoms with Gasteiger partial charge in [0.15, 0.2) is 0 Å². The van der Waals surface area contributed by atoms with Crippen molar-refractivity contribution in [2.75, 3.05) is 33.4 Å². The summed E-state index contributed by atoms with van der Waals surface area (Å²) in [6.07, 6.45) is 1.21. The van der Waals surface area contributed by atoms with Crippen LogP contribution in [0.1, 0.15) is 31.4 Å². The zero-order valence-electron chi connectivity index (χ0n) is 18.8. The third kappa shape index (κ3) is 6.45. The van der Waals surface area contributed by atoms with Crippen LogP contribution in [-0.2, 0) is 22.5 Å². The van der Waals surface area contributed by atoms with Gasteiger partial charge in [0.25, 0.3) is 0 Å². The van der Waals surface area contributed by atoms with Gasteiger partial charge in [-0.25, -0.2) is 0 Å². The number of amides is 1. The molecule has 1 heterocycles. The van der Waals surface area contributed by atoms with Gasteiger partial charge >= 0.3 is 0 Å². The molecule has 0 aromatic heterocycles. The van der Waals surface area contributed by atoms with Crippen LogP contribution in [0.2, 0.25) is 0 Å². The zero-order chi connectivity index (χ0) is 22.2. The number of carbonyl (C=O) groups is 1. The number of benzene rings is 2. The average Bonchev–Trinajstić information content (AvgIpc) is 2.79. The summed E-state index contributed by atoms with van der Waals surface area (Å²) in [5, 5.41) is 10.1. The Bertz CT molecular complexity index is 840. The SMILES string of the molecule is CCC(C)N(CC1CN(Cc2ccccc2O)CCO1)C(=O)Cc1ccc(OC)cc1. The fraction of sp³-hybridized carbons (Fsp3) is 0.480. The predicted octanol–water partition coefficient (Wildman–Crippen LogP) is 3.47. The quantitative estimate of drug-likeness (QED) is 0.665. The number of hydrogen-bond donors (Lipinski definition) is 1. The standard InChI is InChI=1S/C25H34N2O4/c1-4-19(2)27(25(29)15-20-9-11-22(30-3)12-10-20)18-23-17-26(13-14-31-23)16-21-7-5-6-8-24(21)28/h5-12,19,23,28H,4,13-18H2,1-3H3. The zero-order valence-corrected chi connectivity index (χ0v) is 18.8. The molecule has 6 nitrogen and oxygen atoms in total. The van der Waals surface area contributed by atoms with Gasteiger partial charge < -0.3 is 19.5 Å². The smallest absolute Gasteiger partial charge is 0.227 e. The van der Waals surface area contributed by atoms with E-state index in [2.05, 4.69) is 18.7 Å². The number of methoxy groups -OCH3 is 1. The van der Waals surface area contributed by atoms with Crippen LogP contribution in [0.15, 0.2) is 48.5 Å². The van der Waals surface area contributed by atoms with E-state index in [-0.39, 0.29) is 18.1 Å². The summed E-state index contributed by atoms with van der Waals surface area (Å²) in [6, 6.07) is 15.2. The monoisotopic (exact) mass is 426 g/mol. The van der Waals surface area contributed by atoms with Gasteiger partial charge in [0.1, 0.15) is 11.5 Å². The molecular formula is C25H34N2O4. The minimum absolute atomic E-state index is 0.0478. The van der Waals surface area contributed by atoms with Crippen molar-refractivity contribution in [1.82, 2.24) is 9.80 Å². The van der Waals surface area contributed by atoms with Gasteiger partial charge in [-0.3, -0.25) is 9.69 Å². The molecule has 6 heteroatoms. The topological polar surface area (TPSA) is 62.2 Å². The van der Waals surface area contributed by atoms with E-state index in [9.17, 15) is 9.90 Å². The number of phenols is 1. The first kappa shape index (κ1) is 23.1. The van der Waals surface area contributed by atoms with Crippen LogP contribution in [0, 0.1) is 0 Å². The predicted molar refractivity (Wildman–Crippen MR) is 121 cm³/mol. The Morgan fingerprint density at radius 3 is 2.68 bits per heavy atom. The maximum atomic E-state index is 13.2. The summed E-state index contributed by atoms with van der Waals surface area (Å²) in [6.45, 7) is 7.61. The number of ether oxygens (including phenoxy) is 2. The lowest BCUT2D eigenvalue weighted by atomic mass is 10.1. The Kier molecular flexibility index (Phi) is 8.32. The number of carbonyl (C=O) groups excluding carboxylic acids is 1. The molecule has 1 N–H and O–H groups in total. The van der Waals surface area contributed by atoms with Gasteiger partial charge in [0, 0.05) is 37.8 Å². The van der Waals surface area contributed by atoms with Crippen LogP contribution < -0.4 is 4.74 Å². The second-order valence-electron chi connectivity index (χ2n) is 8.18. The number of hydrogen-bond acceptors (Lipinski definition) is 5. The highest BCUT2D eigenvalue weighted by Crippen LogP contribution is 2.20. The van der Waals surface area contributed by atoms with Crippen LogP contribution in [0.3, 0.4) is 0 Å². The summed E-state index contributed by atoms with van der Waals surface area (Å²) in [4.78, 5) is 17.4. The molecule has 1 amide bonds. The van der Waals surface area contributed by atoms with Crippen molar-refractivity contribution in [2.45, 2.75) is 45.4 Å². The molecule has 0 spiro atoms. The number of morpholine rings is 1. The maximum absolute atomic E-state index is 13.2. The molecule has 2 atom stereocenters. The highest BCUT2D eigenvalue weighted by atomic mass is 16.5. The molecule has 2 aromatic carbocycles. The van der Waals surface area contributed by atoms with Crippen molar-refractivity contribution in [2.24, 2.45) is 0 Å². The molecule has 3 rings (SSSR count). The van der Waals surface area contributed by atoms with Gasteiger partial charge in [-0.1, -0.05) is 37.3 Å². The van der Waals surface area contributed by atoms with E-state index in [1.54, 1.807) is 13.2 Å². The van der Waals surface area contributed by atoms with E-state index in [1.165, 1.54) is 0 Å². The number of para-hydroxylation sites is 1. The van der Waals surface area contributed by atoms with Gasteiger partial charge in [0.05, 0.1) is 26.2 Å². The van der Waals surface area contributed by atoms with Gasteiger partial charge in [-0.05, 0) is 37.1 Å². The number of phenolic OH excluding ortho intramolecular Hbond substituents is 1. The van der Waals surface area contributed by atoms with Crippen molar-refractivity contribution in [3.8, 4) is 11.5 Å². The van der Waals surface area contributed by atoms with E-state index in [0.717, 1.165) is 36.4 Å². The second-order valence-corrected chi connectivity index (χ2v) is 8.18. The average molecular weight is 427 g/mol. The molecule has 1 aliphatic rings. The molecule has 0 bridgehead atoms. The molecule has 1 fully saturated rings. The molecule has 0 saturated carbocycles. The lowest BCUT2D eigenvalue weighted by molar-refractivity contribution is -0.136. The maximum Gasteiger partial charge on any atom is 0.227 e. The first-order chi connectivity index (χ1) is 15.0. The molecule has 31 heavy (non-hydrogen) atoms. The van der Waals surface area contributed by atoms with E-state index >= 15 is 0 Å². The van der Waals surface area contributed by atoms with E-state index in [1.807, 2.05) is 47.4 Å². The van der Waals surface area contributed by atoms with Crippen molar-refractivity contribution < 1.29 is 19.4 Å². The molecule has 2 unspecified atom stereocenters. The van der Waals surface area contributed by atoms with Crippen LogP contribution in [0.4, 0.5) is 0 Å². The second kappa shape index (κ2) is 11.2. The van der Waals surface area contributed by atoms with Crippen molar-refractivity contribution in [3.63, 3.8) is 0 Å². The number of nitrogens with zero attached hydrogens (tertiary/aromatic N) is 2. The lowest BCUT2D eigenvalue weighted by Crippen LogP contribution is -2.50. The molecule has 168 valence electrons. The largest absolute Gasteiger partial charge is 0.508 e. The van der Waals surface area contributed by atoms with Crippen LogP contribution >= 0.6 is 0 Å². The molecule has 1 saturated heterocycles. The molecule has 1 aliphatic heterocycles. The highest BCUT2D eigenvalue weighted by Gasteiger charge is 2.27. The van der Waals surface area contributed by atoms with Gasteiger partial charge in [-0.15, -0.1) is 0 Å². The van der Waals surface area contributed by atoms with Gasteiger partial charge in [0.2, 0.25) is 5.91 Å². The van der Waals surface area contributed by atoms with Crippen LogP contribution in [-0.4, -0.2) is 66.3 Å². The fourth-order valence-corrected chi connectivity index (χ4v) is 3.91. The van der Waals surface area contributed by atoms with E-state index in [4.69, 9.17) is 9.47 Å². The first-order valence-corrected chi connectivity index (χ1v) is 11.0. The molecular weight excluding hydrogens is 392 g/mol. The van der Waals surface area contributed by atoms with Crippen molar-refractivity contribution in [3.05, 3.63) is 59.7 Å². The Balaban J connectivity index is 1.62. The minimum atomic E-state index is -0.0478. The summed E-state index contributed by atoms with van der Waals surface area (Å²) in [7, 11) is 1.64. The van der Waals surface area contributed by atoms with Crippen molar-refractivity contribution in [1.29, 1.82) is 0 Å². The Hall–Kier alpha value is -2.57. The van der Waals surface area contributed by atoms with Crippen LogP contribution in [0.25, 0.3) is 0 Å². The lowest BCUT2D eigenvalue weighted by Gasteiger charge is -2.37. The van der Waals surface area contributed by atoms with E-state index in [0.29, 0.717) is 31.9 Å². The van der Waals surface area contributed by atoms with Gasteiger partial charge in [-0.2, -0.15) is 0 Å². The Labute approximate surface area is 185 Å². The minimum Gasteiger partial charge on any atom is -0.508 e. The highest BCUT2D eigenvalue weighted by molar-refractivity contribution is 5.79. The summed E-state index contributed by atoms with van der Waals surface area (Å²) < 4.78 is 11.2. The third-order valence-corrected chi connectivity index (χ3v) is 5.97. The fourth-order valence-electron chi connectivity index (χ4n) is 3.91. The summed E-state index contributed by atoms with van der Waals surface area (Å²) in [5.74, 6) is 1.22. The first-order valence-electron chi connectivity index (χ1n) is 11.0. The molecule has 2 aromatic rings. The Morgan fingerprint density at radius 1 is 1.26 bits per heavy atom. The summed E-state index contributed by atoms with van der Waals surface area (Å²) in [5.41, 5.74) is 1.89. The molecule has 0 radical (unpaired) electrons. The Morgan fingerprint density at radius 2 is 2.00 bits per heavy atom.